The molecule has 0 spiro atoms. The van der Waals surface area contributed by atoms with Gasteiger partial charge in [0.15, 0.2) is 0 Å². The summed E-state index contributed by atoms with van der Waals surface area (Å²) >= 11 is 0. The van der Waals surface area contributed by atoms with Gasteiger partial charge in [-0.1, -0.05) is 18.2 Å². The molecule has 0 radical (unpaired) electrons. The third-order valence-corrected chi connectivity index (χ3v) is 6.46. The van der Waals surface area contributed by atoms with Crippen LogP contribution < -0.4 is 4.72 Å². The van der Waals surface area contributed by atoms with Gasteiger partial charge in [0, 0.05) is 30.9 Å². The first-order valence-electron chi connectivity index (χ1n) is 10.4. The normalized spacial score (nSPS) is 13.8. The summed E-state index contributed by atoms with van der Waals surface area (Å²) in [5.74, 6) is 0.0954. The maximum atomic E-state index is 12.8. The van der Waals surface area contributed by atoms with E-state index in [0.717, 1.165) is 34.2 Å². The Morgan fingerprint density at radius 1 is 1.17 bits per heavy atom. The van der Waals surface area contributed by atoms with E-state index in [1.807, 2.05) is 56.0 Å². The zero-order valence-electron chi connectivity index (χ0n) is 18.1. The molecule has 1 aliphatic rings. The van der Waals surface area contributed by atoms with Gasteiger partial charge in [0.1, 0.15) is 0 Å². The van der Waals surface area contributed by atoms with Crippen LogP contribution in [0.4, 0.5) is 5.69 Å². The molecule has 2 aromatic carbocycles. The van der Waals surface area contributed by atoms with Gasteiger partial charge in [0.25, 0.3) is 5.91 Å². The molecule has 0 aliphatic carbocycles. The molecule has 0 bridgehead atoms. The predicted octanol–water partition coefficient (Wildman–Crippen LogP) is 4.19. The molecule has 1 aliphatic heterocycles. The van der Waals surface area contributed by atoms with Crippen molar-refractivity contribution in [3.63, 3.8) is 0 Å². The highest BCUT2D eigenvalue weighted by Gasteiger charge is 2.29. The van der Waals surface area contributed by atoms with Crippen LogP contribution in [0.2, 0.25) is 0 Å². The number of ether oxygens (including phenoxy) is 1. The highest BCUT2D eigenvalue weighted by molar-refractivity contribution is 7.92. The minimum atomic E-state index is -3.33. The lowest BCUT2D eigenvalue weighted by molar-refractivity contribution is 0.0629. The van der Waals surface area contributed by atoms with Crippen molar-refractivity contribution >= 4 is 21.6 Å². The SMILES string of the molecule is CCS(=O)(=O)Nc1cccc(-c2cc(C)c3c(c2)CN(CCCOC(C)C)C3=O)c1. The molecule has 0 atom stereocenters. The van der Waals surface area contributed by atoms with Crippen molar-refractivity contribution in [1.82, 2.24) is 4.90 Å². The van der Waals surface area contributed by atoms with E-state index in [0.29, 0.717) is 25.4 Å². The number of amides is 1. The maximum absolute atomic E-state index is 12.8. The van der Waals surface area contributed by atoms with Gasteiger partial charge in [-0.15, -0.1) is 0 Å². The van der Waals surface area contributed by atoms with Gasteiger partial charge in [-0.05, 0) is 74.6 Å². The van der Waals surface area contributed by atoms with Crippen LogP contribution in [0.25, 0.3) is 11.1 Å². The van der Waals surface area contributed by atoms with Crippen molar-refractivity contribution in [2.75, 3.05) is 23.6 Å². The summed E-state index contributed by atoms with van der Waals surface area (Å²) in [6.07, 6.45) is 1.00. The minimum absolute atomic E-state index is 0.0232. The molecule has 3 rings (SSSR count). The Morgan fingerprint density at radius 3 is 2.63 bits per heavy atom. The number of hydrogen-bond acceptors (Lipinski definition) is 4. The Morgan fingerprint density at radius 2 is 1.93 bits per heavy atom. The number of fused-ring (bicyclic) bond motifs is 1. The van der Waals surface area contributed by atoms with E-state index in [2.05, 4.69) is 4.72 Å². The van der Waals surface area contributed by atoms with Crippen LogP contribution in [0, 0.1) is 6.92 Å². The van der Waals surface area contributed by atoms with E-state index in [-0.39, 0.29) is 17.8 Å². The van der Waals surface area contributed by atoms with Gasteiger partial charge in [0.2, 0.25) is 10.0 Å². The fraction of sp³-hybridized carbons (Fsp3) is 0.435. The molecule has 1 N–H and O–H groups in total. The average molecular weight is 431 g/mol. The lowest BCUT2D eigenvalue weighted by Gasteiger charge is -2.16. The molecule has 0 saturated heterocycles. The highest BCUT2D eigenvalue weighted by atomic mass is 32.2. The van der Waals surface area contributed by atoms with E-state index >= 15 is 0 Å². The lowest BCUT2D eigenvalue weighted by Crippen LogP contribution is -2.26. The Kier molecular flexibility index (Phi) is 6.83. The van der Waals surface area contributed by atoms with E-state index in [1.165, 1.54) is 0 Å². The maximum Gasteiger partial charge on any atom is 0.254 e. The summed E-state index contributed by atoms with van der Waals surface area (Å²) < 4.78 is 31.9. The standard InChI is InChI=1S/C23H30N2O4S/c1-5-30(27,28)24-21-9-6-8-18(14-21)19-12-17(4)22-20(13-19)15-25(23(22)26)10-7-11-29-16(2)3/h6,8-9,12-14,16,24H,5,7,10-11,15H2,1-4H3. The molecule has 0 saturated carbocycles. The van der Waals surface area contributed by atoms with Crippen molar-refractivity contribution in [1.29, 1.82) is 0 Å². The highest BCUT2D eigenvalue weighted by Crippen LogP contribution is 2.32. The number of nitrogens with one attached hydrogen (secondary N) is 1. The van der Waals surface area contributed by atoms with E-state index in [4.69, 9.17) is 4.74 Å². The quantitative estimate of drug-likeness (QED) is 0.605. The third-order valence-electron chi connectivity index (χ3n) is 5.15. The second kappa shape index (κ2) is 9.18. The number of hydrogen-bond donors (Lipinski definition) is 1. The number of rotatable bonds is 9. The Hall–Kier alpha value is -2.38. The summed E-state index contributed by atoms with van der Waals surface area (Å²) in [6.45, 7) is 9.47. The monoisotopic (exact) mass is 430 g/mol. The van der Waals surface area contributed by atoms with Crippen molar-refractivity contribution in [3.8, 4) is 11.1 Å². The molecule has 1 heterocycles. The summed E-state index contributed by atoms with van der Waals surface area (Å²) in [5, 5.41) is 0. The van der Waals surface area contributed by atoms with E-state index in [9.17, 15) is 13.2 Å². The predicted molar refractivity (Wildman–Crippen MR) is 120 cm³/mol. The number of carbonyl (C=O) groups is 1. The average Bonchev–Trinajstić information content (AvgIpc) is 3.01. The summed E-state index contributed by atoms with van der Waals surface area (Å²) in [7, 11) is -3.33. The molecule has 2 aromatic rings. The van der Waals surface area contributed by atoms with E-state index in [1.54, 1.807) is 13.0 Å². The largest absolute Gasteiger partial charge is 0.379 e. The van der Waals surface area contributed by atoms with Gasteiger partial charge in [-0.25, -0.2) is 8.42 Å². The van der Waals surface area contributed by atoms with Crippen LogP contribution >= 0.6 is 0 Å². The van der Waals surface area contributed by atoms with Crippen molar-refractivity contribution in [2.24, 2.45) is 0 Å². The van der Waals surface area contributed by atoms with Crippen LogP contribution in [0.3, 0.4) is 0 Å². The van der Waals surface area contributed by atoms with Crippen molar-refractivity contribution in [2.45, 2.75) is 46.8 Å². The second-order valence-corrected chi connectivity index (χ2v) is 9.92. The lowest BCUT2D eigenvalue weighted by atomic mass is 9.96. The fourth-order valence-electron chi connectivity index (χ4n) is 3.66. The van der Waals surface area contributed by atoms with Gasteiger partial charge in [-0.2, -0.15) is 0 Å². The number of sulfonamides is 1. The molecule has 7 heteroatoms. The Bertz CT molecular complexity index is 1030. The zero-order valence-corrected chi connectivity index (χ0v) is 18.9. The van der Waals surface area contributed by atoms with Crippen molar-refractivity contribution in [3.05, 3.63) is 53.1 Å². The first-order valence-corrected chi connectivity index (χ1v) is 12.0. The molecule has 0 unspecified atom stereocenters. The minimum Gasteiger partial charge on any atom is -0.379 e. The molecule has 6 nitrogen and oxygen atoms in total. The topological polar surface area (TPSA) is 75.7 Å². The zero-order chi connectivity index (χ0) is 21.9. The number of benzene rings is 2. The first kappa shape index (κ1) is 22.3. The molecule has 1 amide bonds. The third kappa shape index (κ3) is 5.21. The van der Waals surface area contributed by atoms with Gasteiger partial charge >= 0.3 is 0 Å². The molecule has 0 fully saturated rings. The van der Waals surface area contributed by atoms with Crippen molar-refractivity contribution < 1.29 is 17.9 Å². The van der Waals surface area contributed by atoms with Gasteiger partial charge < -0.3 is 9.64 Å². The smallest absolute Gasteiger partial charge is 0.254 e. The number of aryl methyl sites for hydroxylation is 1. The molecule has 0 aromatic heterocycles. The van der Waals surface area contributed by atoms with Gasteiger partial charge in [-0.3, -0.25) is 9.52 Å². The van der Waals surface area contributed by atoms with E-state index < -0.39 is 10.0 Å². The molecule has 162 valence electrons. The summed E-state index contributed by atoms with van der Waals surface area (Å²) in [4.78, 5) is 14.7. The molecular weight excluding hydrogens is 400 g/mol. The fourth-order valence-corrected chi connectivity index (χ4v) is 4.29. The molecular formula is C23H30N2O4S. The van der Waals surface area contributed by atoms with Crippen LogP contribution in [-0.4, -0.2) is 44.2 Å². The summed E-state index contributed by atoms with van der Waals surface area (Å²) in [5.41, 5.74) is 5.16. The number of carbonyl (C=O) groups excluding carboxylic acids is 1. The van der Waals surface area contributed by atoms with Crippen LogP contribution in [-0.2, 0) is 21.3 Å². The number of nitrogens with zero attached hydrogens (tertiary/aromatic N) is 1. The van der Waals surface area contributed by atoms with Crippen LogP contribution in [0.1, 0.15) is 48.7 Å². The van der Waals surface area contributed by atoms with Crippen LogP contribution in [0.5, 0.6) is 0 Å². The number of anilines is 1. The Labute approximate surface area is 179 Å². The summed E-state index contributed by atoms with van der Waals surface area (Å²) in [6, 6.07) is 11.4. The second-order valence-electron chi connectivity index (χ2n) is 7.91. The molecule has 30 heavy (non-hydrogen) atoms. The van der Waals surface area contributed by atoms with Gasteiger partial charge in [0.05, 0.1) is 11.9 Å². The Balaban J connectivity index is 1.79. The first-order chi connectivity index (χ1) is 14.2. The van der Waals surface area contributed by atoms with Crippen LogP contribution in [0.15, 0.2) is 36.4 Å².